The van der Waals surface area contributed by atoms with E-state index in [-0.39, 0.29) is 11.1 Å². The van der Waals surface area contributed by atoms with Crippen LogP contribution in [0.2, 0.25) is 0 Å². The molecule has 8 heteroatoms. The zero-order chi connectivity index (χ0) is 42.1. The number of aromatic amines is 2. The lowest BCUT2D eigenvalue weighted by Gasteiger charge is -2.11. The molecule has 2 N–H and O–H groups in total. The van der Waals surface area contributed by atoms with Gasteiger partial charge in [-0.05, 0) is 59.4 Å². The summed E-state index contributed by atoms with van der Waals surface area (Å²) >= 11 is 0. The summed E-state index contributed by atoms with van der Waals surface area (Å²) in [6.07, 6.45) is 14.3. The summed E-state index contributed by atoms with van der Waals surface area (Å²) < 4.78 is 23.3. The fourth-order valence-corrected chi connectivity index (χ4v) is 7.79. The molecule has 0 amide bonds. The molecule has 0 spiro atoms. The molecule has 0 radical (unpaired) electrons. The molecule has 0 unspecified atom stereocenters. The van der Waals surface area contributed by atoms with Crippen molar-refractivity contribution in [1.82, 2.24) is 9.97 Å². The van der Waals surface area contributed by atoms with Crippen LogP contribution in [0.3, 0.4) is 0 Å². The van der Waals surface area contributed by atoms with Crippen LogP contribution in [-0.4, -0.2) is 49.3 Å². The number of methoxy groups -OCH3 is 2. The van der Waals surface area contributed by atoms with Gasteiger partial charge in [-0.25, -0.2) is 9.59 Å². The van der Waals surface area contributed by atoms with Gasteiger partial charge in [0.1, 0.15) is 11.5 Å². The highest BCUT2D eigenvalue weighted by Crippen LogP contribution is 2.46. The minimum absolute atomic E-state index is 0.285. The Balaban J connectivity index is 1.44. The Kier molecular flexibility index (Phi) is 16.2. The minimum Gasteiger partial charge on any atom is -0.494 e. The molecule has 0 aliphatic heterocycles. The maximum absolute atomic E-state index is 14.2. The van der Waals surface area contributed by atoms with Crippen molar-refractivity contribution < 1.29 is 28.5 Å². The molecule has 6 rings (SSSR count). The average molecular weight is 809 g/mol. The van der Waals surface area contributed by atoms with Gasteiger partial charge in [0.05, 0.1) is 61.3 Å². The number of ether oxygens (including phenoxy) is 4. The highest BCUT2D eigenvalue weighted by atomic mass is 16.5. The number of hydrogen-bond acceptors (Lipinski definition) is 6. The quantitative estimate of drug-likeness (QED) is 0.0494. The van der Waals surface area contributed by atoms with E-state index in [1.54, 1.807) is 0 Å². The van der Waals surface area contributed by atoms with Gasteiger partial charge in [-0.3, -0.25) is 0 Å². The fourth-order valence-electron chi connectivity index (χ4n) is 7.79. The maximum atomic E-state index is 14.2. The average Bonchev–Trinajstić information content (AvgIpc) is 3.89. The number of H-pyrrole nitrogens is 2. The van der Waals surface area contributed by atoms with Gasteiger partial charge in [0.2, 0.25) is 0 Å². The zero-order valence-corrected chi connectivity index (χ0v) is 35.7. The first-order valence-corrected chi connectivity index (χ1v) is 21.7. The van der Waals surface area contributed by atoms with Crippen LogP contribution in [0.4, 0.5) is 0 Å². The molecule has 0 saturated carbocycles. The SMILES string of the molecule is CCCCCCCCOc1ccc(-c2c(-c3ccccc3)[nH]c(-c3[nH]c(-c4ccccc4)c(-c4ccc(OCCCCCCCC)cc4)c3C(=O)OC)c2C(=O)OC)cc1. The highest BCUT2D eigenvalue weighted by Gasteiger charge is 2.33. The Hall–Kier alpha value is -6.02. The Bertz CT molecular complexity index is 2080. The first-order valence-electron chi connectivity index (χ1n) is 21.7. The van der Waals surface area contributed by atoms with Crippen LogP contribution in [0, 0.1) is 0 Å². The summed E-state index contributed by atoms with van der Waals surface area (Å²) in [5.74, 6) is 0.415. The Morgan fingerprint density at radius 2 is 0.767 bits per heavy atom. The topological polar surface area (TPSA) is 103 Å². The van der Waals surface area contributed by atoms with E-state index in [0.29, 0.717) is 47.1 Å². The van der Waals surface area contributed by atoms with Crippen LogP contribution >= 0.6 is 0 Å². The van der Waals surface area contributed by atoms with Crippen LogP contribution in [0.5, 0.6) is 11.5 Å². The van der Waals surface area contributed by atoms with Gasteiger partial charge >= 0.3 is 11.9 Å². The highest BCUT2D eigenvalue weighted by molar-refractivity contribution is 6.13. The number of benzene rings is 4. The molecular weight excluding hydrogens is 749 g/mol. The molecule has 6 aromatic rings. The third-order valence-corrected chi connectivity index (χ3v) is 11.0. The lowest BCUT2D eigenvalue weighted by atomic mass is 9.94. The molecule has 0 aliphatic rings. The molecule has 2 heterocycles. The number of aromatic nitrogens is 2. The molecule has 60 heavy (non-hydrogen) atoms. The van der Waals surface area contributed by atoms with Crippen molar-refractivity contribution in [3.63, 3.8) is 0 Å². The summed E-state index contributed by atoms with van der Waals surface area (Å²) in [6.45, 7) is 5.74. The summed E-state index contributed by atoms with van der Waals surface area (Å²) in [5, 5.41) is 0. The first kappa shape index (κ1) is 43.6. The van der Waals surface area contributed by atoms with Gasteiger partial charge in [0, 0.05) is 11.1 Å². The Morgan fingerprint density at radius 3 is 1.12 bits per heavy atom. The van der Waals surface area contributed by atoms with Crippen LogP contribution in [-0.2, 0) is 9.47 Å². The number of nitrogens with one attached hydrogen (secondary N) is 2. The molecule has 0 aliphatic carbocycles. The summed E-state index contributed by atoms with van der Waals surface area (Å²) in [7, 11) is 2.74. The zero-order valence-electron chi connectivity index (χ0n) is 35.7. The van der Waals surface area contributed by atoms with Gasteiger partial charge in [-0.15, -0.1) is 0 Å². The van der Waals surface area contributed by atoms with E-state index in [1.807, 2.05) is 109 Å². The maximum Gasteiger partial charge on any atom is 0.340 e. The van der Waals surface area contributed by atoms with Crippen molar-refractivity contribution in [1.29, 1.82) is 0 Å². The number of rotatable bonds is 23. The minimum atomic E-state index is -0.554. The predicted molar refractivity (Wildman–Crippen MR) is 243 cm³/mol. The largest absolute Gasteiger partial charge is 0.494 e. The lowest BCUT2D eigenvalue weighted by Crippen LogP contribution is -2.07. The van der Waals surface area contributed by atoms with E-state index in [4.69, 9.17) is 18.9 Å². The normalized spacial score (nSPS) is 11.1. The van der Waals surface area contributed by atoms with Crippen molar-refractivity contribution in [3.05, 3.63) is 120 Å². The van der Waals surface area contributed by atoms with Crippen LogP contribution in [0.15, 0.2) is 109 Å². The van der Waals surface area contributed by atoms with Crippen LogP contribution in [0.25, 0.3) is 56.2 Å². The Morgan fingerprint density at radius 1 is 0.417 bits per heavy atom. The molecule has 0 fully saturated rings. The standard InChI is InChI=1S/C52H60N2O6/c1-5-7-9-11-13-21-35-59-41-31-27-37(28-32-41)43-45(51(55)57-3)49(53-47(43)39-23-17-15-18-24-39)50-46(52(56)58-4)44(48(54-50)40-25-19-16-20-26-40)38-29-33-42(34-30-38)60-36-22-14-12-10-8-6-2/h15-20,23-34,53-54H,5-14,21-22,35-36H2,1-4H3. The second kappa shape index (κ2) is 22.4. The van der Waals surface area contributed by atoms with Crippen molar-refractivity contribution >= 4 is 11.9 Å². The molecule has 2 aromatic heterocycles. The fraction of sp³-hybridized carbons (Fsp3) is 0.346. The van der Waals surface area contributed by atoms with Gasteiger partial charge in [-0.1, -0.05) is 163 Å². The van der Waals surface area contributed by atoms with Crippen molar-refractivity contribution in [2.24, 2.45) is 0 Å². The summed E-state index contributed by atoms with van der Waals surface area (Å²) in [5.41, 5.74) is 7.36. The van der Waals surface area contributed by atoms with E-state index in [9.17, 15) is 9.59 Å². The van der Waals surface area contributed by atoms with Crippen molar-refractivity contribution in [2.75, 3.05) is 27.4 Å². The van der Waals surface area contributed by atoms with Gasteiger partial charge < -0.3 is 28.9 Å². The van der Waals surface area contributed by atoms with E-state index in [0.717, 1.165) is 59.4 Å². The third kappa shape index (κ3) is 10.8. The van der Waals surface area contributed by atoms with E-state index < -0.39 is 11.9 Å². The molecular formula is C52H60N2O6. The molecule has 0 atom stereocenters. The van der Waals surface area contributed by atoms with Crippen molar-refractivity contribution in [2.45, 2.75) is 90.9 Å². The second-order valence-electron chi connectivity index (χ2n) is 15.2. The number of unbranched alkanes of at least 4 members (excludes halogenated alkanes) is 10. The molecule has 8 nitrogen and oxygen atoms in total. The van der Waals surface area contributed by atoms with Gasteiger partial charge in [0.15, 0.2) is 0 Å². The van der Waals surface area contributed by atoms with Gasteiger partial charge in [0.25, 0.3) is 0 Å². The van der Waals surface area contributed by atoms with E-state index in [2.05, 4.69) is 23.8 Å². The Labute approximate surface area is 355 Å². The van der Waals surface area contributed by atoms with Gasteiger partial charge in [-0.2, -0.15) is 0 Å². The van der Waals surface area contributed by atoms with Crippen LogP contribution in [0.1, 0.15) is 112 Å². The molecule has 0 bridgehead atoms. The second-order valence-corrected chi connectivity index (χ2v) is 15.2. The molecule has 314 valence electrons. The van der Waals surface area contributed by atoms with Crippen LogP contribution < -0.4 is 9.47 Å². The van der Waals surface area contributed by atoms with Crippen molar-refractivity contribution in [3.8, 4) is 67.7 Å². The molecule has 4 aromatic carbocycles. The third-order valence-electron chi connectivity index (χ3n) is 11.0. The smallest absolute Gasteiger partial charge is 0.340 e. The molecule has 0 saturated heterocycles. The number of carbonyl (C=O) groups excluding carboxylic acids is 2. The van der Waals surface area contributed by atoms with E-state index >= 15 is 0 Å². The monoisotopic (exact) mass is 808 g/mol. The van der Waals surface area contributed by atoms with E-state index in [1.165, 1.54) is 65.6 Å². The summed E-state index contributed by atoms with van der Waals surface area (Å²) in [4.78, 5) is 35.5. The summed E-state index contributed by atoms with van der Waals surface area (Å²) in [6, 6.07) is 35.3. The number of hydrogen-bond donors (Lipinski definition) is 2. The predicted octanol–water partition coefficient (Wildman–Crippen LogP) is 13.7. The number of esters is 2. The number of carbonyl (C=O) groups is 2. The first-order chi connectivity index (χ1) is 29.5. The lowest BCUT2D eigenvalue weighted by molar-refractivity contribution is 0.0591.